The molecule has 0 spiro atoms. The minimum atomic E-state index is -0.321. The highest BCUT2D eigenvalue weighted by molar-refractivity contribution is 5.89. The fourth-order valence-corrected chi connectivity index (χ4v) is 1.78. The average molecular weight is 299 g/mol. The van der Waals surface area contributed by atoms with E-state index in [1.807, 2.05) is 12.1 Å². The van der Waals surface area contributed by atoms with Crippen LogP contribution in [-0.2, 0) is 16.1 Å². The third-order valence-electron chi connectivity index (χ3n) is 3.08. The number of hydrogen-bond acceptors (Lipinski definition) is 4. The first-order valence-corrected chi connectivity index (χ1v) is 6.45. The Morgan fingerprint density at radius 1 is 1.30 bits per heavy atom. The Morgan fingerprint density at radius 3 is 2.45 bits per heavy atom. The van der Waals surface area contributed by atoms with Crippen LogP contribution >= 0.6 is 12.4 Å². The molecule has 1 aliphatic rings. The smallest absolute Gasteiger partial charge is 0.338 e. The van der Waals surface area contributed by atoms with E-state index in [0.29, 0.717) is 18.7 Å². The Hall–Kier alpha value is -1.59. The molecule has 0 radical (unpaired) electrons. The van der Waals surface area contributed by atoms with E-state index in [2.05, 4.69) is 10.6 Å². The third kappa shape index (κ3) is 4.21. The first kappa shape index (κ1) is 16.5. The van der Waals surface area contributed by atoms with E-state index in [9.17, 15) is 9.59 Å². The molecule has 0 aliphatic carbocycles. The van der Waals surface area contributed by atoms with Crippen molar-refractivity contribution in [3.8, 4) is 0 Å². The van der Waals surface area contributed by atoms with E-state index in [0.717, 1.165) is 18.7 Å². The number of amides is 1. The van der Waals surface area contributed by atoms with E-state index in [4.69, 9.17) is 4.74 Å². The predicted octanol–water partition coefficient (Wildman–Crippen LogP) is 1.12. The van der Waals surface area contributed by atoms with E-state index >= 15 is 0 Å². The fraction of sp³-hybridized carbons (Fsp3) is 0.429. The molecule has 6 heteroatoms. The molecule has 2 rings (SSSR count). The van der Waals surface area contributed by atoms with Crippen molar-refractivity contribution in [2.75, 3.05) is 19.7 Å². The molecule has 0 saturated carbocycles. The highest BCUT2D eigenvalue weighted by Gasteiger charge is 2.24. The Balaban J connectivity index is 0.00000200. The van der Waals surface area contributed by atoms with Crippen LogP contribution in [0.3, 0.4) is 0 Å². The standard InChI is InChI=1S/C14H18N2O3.ClH/c1-2-19-14(18)11-5-3-10(4-6-11)7-16-13(17)12-8-15-9-12;/h3-6,12,15H,2,7-9H2,1H3,(H,16,17);1H. The second-order valence-electron chi connectivity index (χ2n) is 4.49. The Kier molecular flexibility index (Phi) is 6.48. The van der Waals surface area contributed by atoms with Gasteiger partial charge in [-0.05, 0) is 24.6 Å². The maximum absolute atomic E-state index is 11.6. The Labute approximate surface area is 124 Å². The lowest BCUT2D eigenvalue weighted by molar-refractivity contribution is -0.126. The Morgan fingerprint density at radius 2 is 1.95 bits per heavy atom. The summed E-state index contributed by atoms with van der Waals surface area (Å²) in [4.78, 5) is 23.1. The molecular weight excluding hydrogens is 280 g/mol. The number of nitrogens with one attached hydrogen (secondary N) is 2. The van der Waals surface area contributed by atoms with E-state index in [1.165, 1.54) is 0 Å². The van der Waals surface area contributed by atoms with Crippen molar-refractivity contribution in [1.82, 2.24) is 10.6 Å². The largest absolute Gasteiger partial charge is 0.462 e. The molecule has 1 aliphatic heterocycles. The van der Waals surface area contributed by atoms with Crippen molar-refractivity contribution in [1.29, 1.82) is 0 Å². The van der Waals surface area contributed by atoms with Gasteiger partial charge in [-0.3, -0.25) is 4.79 Å². The summed E-state index contributed by atoms with van der Waals surface area (Å²) in [5.41, 5.74) is 1.49. The van der Waals surface area contributed by atoms with Gasteiger partial charge in [0.25, 0.3) is 0 Å². The normalized spacial score (nSPS) is 13.8. The molecule has 1 aromatic rings. The number of esters is 1. The van der Waals surface area contributed by atoms with Crippen LogP contribution in [0.15, 0.2) is 24.3 Å². The second kappa shape index (κ2) is 7.87. The molecule has 2 N–H and O–H groups in total. The van der Waals surface area contributed by atoms with Gasteiger partial charge in [-0.15, -0.1) is 12.4 Å². The average Bonchev–Trinajstić information content (AvgIpc) is 2.35. The van der Waals surface area contributed by atoms with Crippen molar-refractivity contribution in [3.05, 3.63) is 35.4 Å². The van der Waals surface area contributed by atoms with Crippen LogP contribution in [0.4, 0.5) is 0 Å². The molecule has 0 aromatic heterocycles. The minimum Gasteiger partial charge on any atom is -0.462 e. The quantitative estimate of drug-likeness (QED) is 0.800. The number of carbonyl (C=O) groups is 2. The molecule has 0 bridgehead atoms. The van der Waals surface area contributed by atoms with Gasteiger partial charge in [-0.25, -0.2) is 4.79 Å². The summed E-state index contributed by atoms with van der Waals surface area (Å²) in [6.07, 6.45) is 0. The van der Waals surface area contributed by atoms with E-state index in [-0.39, 0.29) is 30.2 Å². The van der Waals surface area contributed by atoms with Gasteiger partial charge in [0, 0.05) is 19.6 Å². The molecular formula is C14H19ClN2O3. The summed E-state index contributed by atoms with van der Waals surface area (Å²) in [6, 6.07) is 7.08. The number of rotatable bonds is 5. The molecule has 110 valence electrons. The van der Waals surface area contributed by atoms with Crippen molar-refractivity contribution in [2.45, 2.75) is 13.5 Å². The second-order valence-corrected chi connectivity index (χ2v) is 4.49. The van der Waals surface area contributed by atoms with Gasteiger partial charge in [0.05, 0.1) is 18.1 Å². The monoisotopic (exact) mass is 298 g/mol. The van der Waals surface area contributed by atoms with Crippen LogP contribution in [0.25, 0.3) is 0 Å². The molecule has 1 saturated heterocycles. The molecule has 1 amide bonds. The van der Waals surface area contributed by atoms with Gasteiger partial charge in [-0.1, -0.05) is 12.1 Å². The summed E-state index contributed by atoms with van der Waals surface area (Å²) in [6.45, 7) is 4.14. The first-order valence-electron chi connectivity index (χ1n) is 6.45. The molecule has 5 nitrogen and oxygen atoms in total. The highest BCUT2D eigenvalue weighted by atomic mass is 35.5. The maximum atomic E-state index is 11.6. The summed E-state index contributed by atoms with van der Waals surface area (Å²) < 4.78 is 4.90. The Bertz CT molecular complexity index is 458. The molecule has 1 heterocycles. The van der Waals surface area contributed by atoms with Crippen LogP contribution in [-0.4, -0.2) is 31.6 Å². The van der Waals surface area contributed by atoms with Crippen LogP contribution in [0.1, 0.15) is 22.8 Å². The van der Waals surface area contributed by atoms with Gasteiger partial charge in [-0.2, -0.15) is 0 Å². The molecule has 20 heavy (non-hydrogen) atoms. The van der Waals surface area contributed by atoms with Gasteiger partial charge < -0.3 is 15.4 Å². The van der Waals surface area contributed by atoms with Crippen LogP contribution < -0.4 is 10.6 Å². The number of benzene rings is 1. The zero-order valence-electron chi connectivity index (χ0n) is 11.3. The number of hydrogen-bond donors (Lipinski definition) is 2. The SMILES string of the molecule is CCOC(=O)c1ccc(CNC(=O)C2CNC2)cc1.Cl. The van der Waals surface area contributed by atoms with Crippen molar-refractivity contribution < 1.29 is 14.3 Å². The van der Waals surface area contributed by atoms with Crippen LogP contribution in [0.2, 0.25) is 0 Å². The number of carbonyl (C=O) groups excluding carboxylic acids is 2. The fourth-order valence-electron chi connectivity index (χ4n) is 1.78. The van der Waals surface area contributed by atoms with E-state index < -0.39 is 0 Å². The molecule has 0 unspecified atom stereocenters. The van der Waals surface area contributed by atoms with E-state index in [1.54, 1.807) is 19.1 Å². The van der Waals surface area contributed by atoms with Crippen LogP contribution in [0.5, 0.6) is 0 Å². The van der Waals surface area contributed by atoms with Gasteiger partial charge in [0.15, 0.2) is 0 Å². The highest BCUT2D eigenvalue weighted by Crippen LogP contribution is 2.07. The molecule has 1 fully saturated rings. The lowest BCUT2D eigenvalue weighted by Gasteiger charge is -2.25. The summed E-state index contributed by atoms with van der Waals surface area (Å²) in [5.74, 6) is -0.148. The lowest BCUT2D eigenvalue weighted by Crippen LogP contribution is -2.50. The zero-order chi connectivity index (χ0) is 13.7. The van der Waals surface area contributed by atoms with Crippen LogP contribution in [0, 0.1) is 5.92 Å². The molecule has 0 atom stereocenters. The van der Waals surface area contributed by atoms with Gasteiger partial charge in [0.1, 0.15) is 0 Å². The van der Waals surface area contributed by atoms with Crippen molar-refractivity contribution >= 4 is 24.3 Å². The minimum absolute atomic E-state index is 0. The van der Waals surface area contributed by atoms with Crippen molar-refractivity contribution in [3.63, 3.8) is 0 Å². The number of halogens is 1. The molecule has 1 aromatic carbocycles. The summed E-state index contributed by atoms with van der Waals surface area (Å²) in [7, 11) is 0. The van der Waals surface area contributed by atoms with Gasteiger partial charge in [0.2, 0.25) is 5.91 Å². The number of ether oxygens (including phenoxy) is 1. The van der Waals surface area contributed by atoms with Crippen molar-refractivity contribution in [2.24, 2.45) is 5.92 Å². The topological polar surface area (TPSA) is 67.4 Å². The zero-order valence-corrected chi connectivity index (χ0v) is 12.2. The summed E-state index contributed by atoms with van der Waals surface area (Å²) >= 11 is 0. The maximum Gasteiger partial charge on any atom is 0.338 e. The first-order chi connectivity index (χ1) is 9.20. The lowest BCUT2D eigenvalue weighted by atomic mass is 10.0. The third-order valence-corrected chi connectivity index (χ3v) is 3.08. The predicted molar refractivity (Wildman–Crippen MR) is 77.9 cm³/mol. The summed E-state index contributed by atoms with van der Waals surface area (Å²) in [5, 5.41) is 5.94. The van der Waals surface area contributed by atoms with Gasteiger partial charge >= 0.3 is 5.97 Å².